The molecule has 3 aliphatic heterocycles. The quantitative estimate of drug-likeness (QED) is 0.380. The van der Waals surface area contributed by atoms with Crippen LogP contribution in [-0.2, 0) is 0 Å². The number of nitrogens with one attached hydrogen (secondary N) is 1. The smallest absolute Gasteiger partial charge is 0.228 e. The van der Waals surface area contributed by atoms with E-state index >= 15 is 4.39 Å². The molecule has 1 aromatic heterocycles. The number of halogens is 1. The molecule has 2 bridgehead atoms. The third-order valence-corrected chi connectivity index (χ3v) is 9.34. The first-order chi connectivity index (χ1) is 18.5. The highest BCUT2D eigenvalue weighted by Gasteiger charge is 2.55. The molecular formula is C30H30FN5O2. The second-order valence-corrected chi connectivity index (χ2v) is 11.7. The topological polar surface area (TPSA) is 84.8 Å². The molecule has 1 saturated carbocycles. The van der Waals surface area contributed by atoms with Crippen LogP contribution in [0.25, 0.3) is 32.8 Å². The molecular weight excluding hydrogens is 481 g/mol. The number of piperazine rings is 1. The molecule has 3 atom stereocenters. The van der Waals surface area contributed by atoms with Crippen molar-refractivity contribution >= 4 is 33.4 Å². The minimum Gasteiger partial charge on any atom is -0.508 e. The lowest BCUT2D eigenvalue weighted by Crippen LogP contribution is -2.67. The number of aliphatic hydroxyl groups excluding tert-OH is 1. The van der Waals surface area contributed by atoms with Crippen LogP contribution < -0.4 is 15.1 Å². The Morgan fingerprint density at radius 2 is 1.68 bits per heavy atom. The lowest BCUT2D eigenvalue weighted by atomic mass is 9.61. The Morgan fingerprint density at radius 1 is 0.895 bits per heavy atom. The van der Waals surface area contributed by atoms with Crippen molar-refractivity contribution in [2.45, 2.75) is 43.9 Å². The van der Waals surface area contributed by atoms with Gasteiger partial charge in [-0.25, -0.2) is 9.37 Å². The number of phenolic OH excluding ortho intramolecular Hbond substituents is 1. The molecule has 3 saturated heterocycles. The summed E-state index contributed by atoms with van der Waals surface area (Å²) in [5.41, 5.74) is 1.29. The van der Waals surface area contributed by atoms with Crippen LogP contribution in [0.15, 0.2) is 48.5 Å². The standard InChI is InChI=1S/C30H30FN5O2/c31-26-22(24-12-20(37)11-17-3-1-2-4-21(17)24)7-8-23-27(26)33-29(36-15-30(16-36)10-9-25(30)38)34-28(23)35-13-18-5-6-19(14-35)32-18/h1-4,7-8,11-12,18-19,25,32,37-38H,5-6,9-10,13-16H2. The maximum absolute atomic E-state index is 16.5. The molecule has 7 nitrogen and oxygen atoms in total. The second-order valence-electron chi connectivity index (χ2n) is 11.7. The third kappa shape index (κ3) is 3.26. The molecule has 0 amide bonds. The Labute approximate surface area is 219 Å². The molecule has 4 aliphatic rings. The summed E-state index contributed by atoms with van der Waals surface area (Å²) >= 11 is 0. The van der Waals surface area contributed by atoms with Gasteiger partial charge in [0.15, 0.2) is 5.82 Å². The van der Waals surface area contributed by atoms with Crippen LogP contribution in [0.3, 0.4) is 0 Å². The fraction of sp³-hybridized carbons (Fsp3) is 0.400. The van der Waals surface area contributed by atoms with E-state index in [1.807, 2.05) is 30.3 Å². The van der Waals surface area contributed by atoms with E-state index in [-0.39, 0.29) is 17.3 Å². The van der Waals surface area contributed by atoms with Crippen molar-refractivity contribution in [2.75, 3.05) is 36.0 Å². The Morgan fingerprint density at radius 3 is 2.42 bits per heavy atom. The molecule has 38 heavy (non-hydrogen) atoms. The van der Waals surface area contributed by atoms with Crippen LogP contribution in [0.5, 0.6) is 5.75 Å². The fourth-order valence-electron chi connectivity index (χ4n) is 7.12. The highest BCUT2D eigenvalue weighted by molar-refractivity contribution is 6.01. The van der Waals surface area contributed by atoms with E-state index in [4.69, 9.17) is 9.97 Å². The molecule has 3 unspecified atom stereocenters. The average Bonchev–Trinajstić information content (AvgIpc) is 3.23. The summed E-state index contributed by atoms with van der Waals surface area (Å²) in [7, 11) is 0. The van der Waals surface area contributed by atoms with Gasteiger partial charge in [0.1, 0.15) is 17.1 Å². The Balaban J connectivity index is 1.29. The van der Waals surface area contributed by atoms with Crippen LogP contribution in [0.1, 0.15) is 25.7 Å². The predicted octanol–water partition coefficient (Wildman–Crippen LogP) is 4.20. The van der Waals surface area contributed by atoms with E-state index in [0.29, 0.717) is 53.2 Å². The van der Waals surface area contributed by atoms with Crippen molar-refractivity contribution in [1.29, 1.82) is 0 Å². The van der Waals surface area contributed by atoms with Gasteiger partial charge in [-0.2, -0.15) is 4.98 Å². The van der Waals surface area contributed by atoms with Gasteiger partial charge < -0.3 is 25.3 Å². The van der Waals surface area contributed by atoms with E-state index in [1.54, 1.807) is 18.2 Å². The number of benzene rings is 3. The van der Waals surface area contributed by atoms with Crippen molar-refractivity contribution in [3.63, 3.8) is 0 Å². The van der Waals surface area contributed by atoms with Gasteiger partial charge in [-0.1, -0.05) is 30.3 Å². The zero-order valence-electron chi connectivity index (χ0n) is 21.1. The second kappa shape index (κ2) is 8.01. The number of anilines is 2. The highest BCUT2D eigenvalue weighted by Crippen LogP contribution is 2.49. The van der Waals surface area contributed by atoms with Crippen molar-refractivity contribution in [1.82, 2.24) is 15.3 Å². The molecule has 8 heteroatoms. The van der Waals surface area contributed by atoms with E-state index in [0.717, 1.165) is 55.4 Å². The Kier molecular flexibility index (Phi) is 4.74. The first kappa shape index (κ1) is 22.5. The van der Waals surface area contributed by atoms with E-state index < -0.39 is 5.82 Å². The van der Waals surface area contributed by atoms with Gasteiger partial charge in [0, 0.05) is 54.6 Å². The zero-order chi connectivity index (χ0) is 25.6. The minimum absolute atomic E-state index is 0.0620. The van der Waals surface area contributed by atoms with Gasteiger partial charge in [0.2, 0.25) is 5.95 Å². The number of phenols is 1. The van der Waals surface area contributed by atoms with Crippen LogP contribution >= 0.6 is 0 Å². The maximum atomic E-state index is 16.5. The number of fused-ring (bicyclic) bond motifs is 4. The van der Waals surface area contributed by atoms with Crippen molar-refractivity contribution in [3.8, 4) is 16.9 Å². The van der Waals surface area contributed by atoms with E-state index in [1.165, 1.54) is 0 Å². The summed E-state index contributed by atoms with van der Waals surface area (Å²) < 4.78 is 16.5. The molecule has 4 fully saturated rings. The SMILES string of the molecule is Oc1cc(-c2ccc3c(N4CC5CCC(C4)N5)nc(N4CC5(CCC5O)C4)nc3c2F)c2ccccc2c1. The summed E-state index contributed by atoms with van der Waals surface area (Å²) in [5.74, 6) is 1.01. The van der Waals surface area contributed by atoms with Gasteiger partial charge in [-0.3, -0.25) is 0 Å². The van der Waals surface area contributed by atoms with Gasteiger partial charge in [0.05, 0.1) is 6.10 Å². The first-order valence-corrected chi connectivity index (χ1v) is 13.6. The van der Waals surface area contributed by atoms with Crippen LogP contribution in [0.2, 0.25) is 0 Å². The number of hydrogen-bond acceptors (Lipinski definition) is 7. The van der Waals surface area contributed by atoms with Gasteiger partial charge in [0.25, 0.3) is 0 Å². The molecule has 1 spiro atoms. The average molecular weight is 512 g/mol. The molecule has 4 heterocycles. The number of aromatic hydroxyl groups is 1. The van der Waals surface area contributed by atoms with Gasteiger partial charge >= 0.3 is 0 Å². The third-order valence-electron chi connectivity index (χ3n) is 9.34. The van der Waals surface area contributed by atoms with E-state index in [2.05, 4.69) is 15.1 Å². The molecule has 0 radical (unpaired) electrons. The summed E-state index contributed by atoms with van der Waals surface area (Å²) in [6.45, 7) is 3.07. The van der Waals surface area contributed by atoms with Crippen molar-refractivity contribution in [3.05, 3.63) is 54.3 Å². The number of nitrogens with zero attached hydrogens (tertiary/aromatic N) is 4. The lowest BCUT2D eigenvalue weighted by Gasteiger charge is -2.58. The highest BCUT2D eigenvalue weighted by atomic mass is 19.1. The number of aliphatic hydroxyl groups is 1. The number of aromatic nitrogens is 2. The van der Waals surface area contributed by atoms with Crippen LogP contribution in [-0.4, -0.2) is 64.5 Å². The molecule has 1 aliphatic carbocycles. The lowest BCUT2D eigenvalue weighted by molar-refractivity contribution is -0.0827. The molecule has 3 N–H and O–H groups in total. The van der Waals surface area contributed by atoms with Crippen LogP contribution in [0.4, 0.5) is 16.2 Å². The Hall–Kier alpha value is -3.49. The van der Waals surface area contributed by atoms with Gasteiger partial charge in [-0.15, -0.1) is 0 Å². The summed E-state index contributed by atoms with van der Waals surface area (Å²) in [6.07, 6.45) is 3.87. The summed E-state index contributed by atoms with van der Waals surface area (Å²) in [4.78, 5) is 14.2. The van der Waals surface area contributed by atoms with Crippen molar-refractivity contribution < 1.29 is 14.6 Å². The fourth-order valence-corrected chi connectivity index (χ4v) is 7.12. The number of rotatable bonds is 3. The minimum atomic E-state index is -0.403. The summed E-state index contributed by atoms with van der Waals surface area (Å²) in [5, 5.41) is 26.9. The van der Waals surface area contributed by atoms with Crippen molar-refractivity contribution in [2.24, 2.45) is 5.41 Å². The molecule has 4 aromatic rings. The Bertz CT molecular complexity index is 1590. The largest absolute Gasteiger partial charge is 0.508 e. The monoisotopic (exact) mass is 511 g/mol. The maximum Gasteiger partial charge on any atom is 0.228 e. The van der Waals surface area contributed by atoms with Gasteiger partial charge in [-0.05, 0) is 60.2 Å². The zero-order valence-corrected chi connectivity index (χ0v) is 21.1. The molecule has 3 aromatic carbocycles. The van der Waals surface area contributed by atoms with E-state index in [9.17, 15) is 10.2 Å². The molecule has 8 rings (SSSR count). The predicted molar refractivity (Wildman–Crippen MR) is 146 cm³/mol. The normalized spacial score (nSPS) is 25.7. The summed E-state index contributed by atoms with van der Waals surface area (Å²) in [6, 6.07) is 15.6. The molecule has 194 valence electrons. The first-order valence-electron chi connectivity index (χ1n) is 13.6. The van der Waals surface area contributed by atoms with Crippen LogP contribution in [0, 0.1) is 11.2 Å². The number of hydrogen-bond donors (Lipinski definition) is 3.